The van der Waals surface area contributed by atoms with Crippen LogP contribution in [-0.2, 0) is 11.3 Å². The molecule has 1 heterocycles. The molecule has 0 radical (unpaired) electrons. The summed E-state index contributed by atoms with van der Waals surface area (Å²) in [6.45, 7) is 3.01. The van der Waals surface area contributed by atoms with Crippen molar-refractivity contribution in [3.05, 3.63) is 42.0 Å². The first-order valence-corrected chi connectivity index (χ1v) is 6.47. The number of nitrogens with one attached hydrogen (secondary N) is 1. The van der Waals surface area contributed by atoms with E-state index < -0.39 is 0 Å². The second-order valence-electron chi connectivity index (χ2n) is 4.28. The minimum absolute atomic E-state index is 0.450. The van der Waals surface area contributed by atoms with E-state index in [1.807, 2.05) is 37.3 Å². The number of nitrogens with zero attached hydrogens (tertiary/aromatic N) is 1. The van der Waals surface area contributed by atoms with Crippen LogP contribution in [0.5, 0.6) is 5.88 Å². The molecule has 0 unspecified atom stereocenters. The van der Waals surface area contributed by atoms with Gasteiger partial charge in [0.1, 0.15) is 5.82 Å². The number of hydrogen-bond donors (Lipinski definition) is 2. The van der Waals surface area contributed by atoms with Crippen molar-refractivity contribution in [2.75, 3.05) is 24.8 Å². The standard InChI is InChI=1S/C15H19N3O2/c1-3-20-15-13(16)7-8-14(18-15)17-12-6-4-5-11(9-12)10-19-2/h4-9H,3,10,16H2,1-2H3,(H,17,18). The monoisotopic (exact) mass is 273 g/mol. The number of pyridine rings is 1. The molecule has 3 N–H and O–H groups in total. The smallest absolute Gasteiger partial charge is 0.239 e. The summed E-state index contributed by atoms with van der Waals surface area (Å²) in [6.07, 6.45) is 0. The average molecular weight is 273 g/mol. The number of benzene rings is 1. The highest BCUT2D eigenvalue weighted by Gasteiger charge is 2.04. The Hall–Kier alpha value is -2.27. The zero-order chi connectivity index (χ0) is 14.4. The van der Waals surface area contributed by atoms with Crippen molar-refractivity contribution in [3.63, 3.8) is 0 Å². The molecule has 5 heteroatoms. The van der Waals surface area contributed by atoms with E-state index in [1.54, 1.807) is 13.2 Å². The summed E-state index contributed by atoms with van der Waals surface area (Å²) in [7, 11) is 1.68. The van der Waals surface area contributed by atoms with Crippen LogP contribution in [0.4, 0.5) is 17.2 Å². The Bertz CT molecular complexity index is 573. The zero-order valence-corrected chi connectivity index (χ0v) is 11.7. The first kappa shape index (κ1) is 14.1. The van der Waals surface area contributed by atoms with Crippen LogP contribution in [0, 0.1) is 0 Å². The number of ether oxygens (including phenoxy) is 2. The fraction of sp³-hybridized carbons (Fsp3) is 0.267. The van der Waals surface area contributed by atoms with Crippen LogP contribution in [0.2, 0.25) is 0 Å². The molecule has 2 aromatic rings. The Kier molecular flexibility index (Phi) is 4.79. The molecule has 0 amide bonds. The molecule has 0 saturated carbocycles. The van der Waals surface area contributed by atoms with Gasteiger partial charge in [0, 0.05) is 12.8 Å². The number of nitrogens with two attached hydrogens (primary N) is 1. The van der Waals surface area contributed by atoms with Crippen LogP contribution in [0.3, 0.4) is 0 Å². The summed E-state index contributed by atoms with van der Waals surface area (Å²) in [4.78, 5) is 4.34. The summed E-state index contributed by atoms with van der Waals surface area (Å²) in [5.41, 5.74) is 8.37. The van der Waals surface area contributed by atoms with Gasteiger partial charge < -0.3 is 20.5 Å². The second kappa shape index (κ2) is 6.77. The Balaban J connectivity index is 2.17. The van der Waals surface area contributed by atoms with Crippen molar-refractivity contribution < 1.29 is 9.47 Å². The maximum atomic E-state index is 5.80. The number of methoxy groups -OCH3 is 1. The number of rotatable bonds is 6. The van der Waals surface area contributed by atoms with Gasteiger partial charge in [-0.25, -0.2) is 0 Å². The average Bonchev–Trinajstić information content (AvgIpc) is 2.44. The second-order valence-corrected chi connectivity index (χ2v) is 4.28. The molecule has 0 atom stereocenters. The molecule has 0 saturated heterocycles. The third-order valence-corrected chi connectivity index (χ3v) is 2.68. The number of aromatic nitrogens is 1. The van der Waals surface area contributed by atoms with Crippen LogP contribution in [0.1, 0.15) is 12.5 Å². The highest BCUT2D eigenvalue weighted by atomic mass is 16.5. The molecule has 2 rings (SSSR count). The third-order valence-electron chi connectivity index (χ3n) is 2.68. The molecule has 5 nitrogen and oxygen atoms in total. The van der Waals surface area contributed by atoms with Gasteiger partial charge in [0.15, 0.2) is 0 Å². The fourth-order valence-corrected chi connectivity index (χ4v) is 1.83. The van der Waals surface area contributed by atoms with Crippen molar-refractivity contribution in [1.29, 1.82) is 0 Å². The van der Waals surface area contributed by atoms with E-state index in [0.717, 1.165) is 11.3 Å². The van der Waals surface area contributed by atoms with Crippen LogP contribution >= 0.6 is 0 Å². The lowest BCUT2D eigenvalue weighted by atomic mass is 10.2. The molecule has 20 heavy (non-hydrogen) atoms. The molecule has 0 aliphatic rings. The van der Waals surface area contributed by atoms with Crippen molar-refractivity contribution in [2.45, 2.75) is 13.5 Å². The van der Waals surface area contributed by atoms with Gasteiger partial charge in [-0.1, -0.05) is 12.1 Å². The predicted molar refractivity (Wildman–Crippen MR) is 80.3 cm³/mol. The molecule has 106 valence electrons. The molecular weight excluding hydrogens is 254 g/mol. The van der Waals surface area contributed by atoms with Gasteiger partial charge >= 0.3 is 0 Å². The van der Waals surface area contributed by atoms with Gasteiger partial charge in [-0.05, 0) is 36.8 Å². The largest absolute Gasteiger partial charge is 0.476 e. The van der Waals surface area contributed by atoms with E-state index in [-0.39, 0.29) is 0 Å². The summed E-state index contributed by atoms with van der Waals surface area (Å²) in [5.74, 6) is 1.14. The van der Waals surface area contributed by atoms with Crippen LogP contribution in [-0.4, -0.2) is 18.7 Å². The van der Waals surface area contributed by atoms with Gasteiger partial charge in [0.2, 0.25) is 5.88 Å². The fourth-order valence-electron chi connectivity index (χ4n) is 1.83. The maximum absolute atomic E-state index is 5.80. The van der Waals surface area contributed by atoms with Crippen molar-refractivity contribution in [3.8, 4) is 5.88 Å². The molecule has 0 spiro atoms. The lowest BCUT2D eigenvalue weighted by Crippen LogP contribution is -2.02. The van der Waals surface area contributed by atoms with Crippen LogP contribution < -0.4 is 15.8 Å². The lowest BCUT2D eigenvalue weighted by molar-refractivity contribution is 0.185. The number of nitrogen functional groups attached to an aromatic ring is 1. The van der Waals surface area contributed by atoms with Gasteiger partial charge in [0.25, 0.3) is 0 Å². The molecule has 0 aliphatic carbocycles. The predicted octanol–water partition coefficient (Wildman–Crippen LogP) is 2.95. The summed E-state index contributed by atoms with van der Waals surface area (Å²) < 4.78 is 10.5. The Labute approximate surface area is 118 Å². The topological polar surface area (TPSA) is 69.4 Å². The number of anilines is 3. The number of hydrogen-bond acceptors (Lipinski definition) is 5. The van der Waals surface area contributed by atoms with E-state index in [9.17, 15) is 0 Å². The summed E-state index contributed by atoms with van der Waals surface area (Å²) in [6, 6.07) is 11.6. The van der Waals surface area contributed by atoms with E-state index in [2.05, 4.69) is 10.3 Å². The Morgan fingerprint density at radius 3 is 2.85 bits per heavy atom. The molecule has 1 aromatic heterocycles. The van der Waals surface area contributed by atoms with Crippen molar-refractivity contribution in [2.24, 2.45) is 0 Å². The molecule has 0 aliphatic heterocycles. The van der Waals surface area contributed by atoms with Gasteiger partial charge in [-0.2, -0.15) is 4.98 Å². The highest BCUT2D eigenvalue weighted by Crippen LogP contribution is 2.23. The van der Waals surface area contributed by atoms with Crippen molar-refractivity contribution in [1.82, 2.24) is 4.98 Å². The van der Waals surface area contributed by atoms with E-state index in [4.69, 9.17) is 15.2 Å². The minimum atomic E-state index is 0.450. The first-order valence-electron chi connectivity index (χ1n) is 6.47. The maximum Gasteiger partial charge on any atom is 0.239 e. The molecule has 0 fully saturated rings. The summed E-state index contributed by atoms with van der Waals surface area (Å²) >= 11 is 0. The zero-order valence-electron chi connectivity index (χ0n) is 11.7. The third kappa shape index (κ3) is 3.61. The van der Waals surface area contributed by atoms with Gasteiger partial charge in [-0.3, -0.25) is 0 Å². The lowest BCUT2D eigenvalue weighted by Gasteiger charge is -2.10. The Morgan fingerprint density at radius 2 is 2.10 bits per heavy atom. The van der Waals surface area contributed by atoms with Gasteiger partial charge in [-0.15, -0.1) is 0 Å². The van der Waals surface area contributed by atoms with Crippen LogP contribution in [0.15, 0.2) is 36.4 Å². The first-order chi connectivity index (χ1) is 9.72. The van der Waals surface area contributed by atoms with E-state index in [0.29, 0.717) is 30.6 Å². The summed E-state index contributed by atoms with van der Waals surface area (Å²) in [5, 5.41) is 3.23. The van der Waals surface area contributed by atoms with E-state index >= 15 is 0 Å². The Morgan fingerprint density at radius 1 is 1.25 bits per heavy atom. The molecular formula is C15H19N3O2. The normalized spacial score (nSPS) is 10.3. The SMILES string of the molecule is CCOc1nc(Nc2cccc(COC)c2)ccc1N. The van der Waals surface area contributed by atoms with Crippen molar-refractivity contribution >= 4 is 17.2 Å². The minimum Gasteiger partial charge on any atom is -0.476 e. The molecule has 1 aromatic carbocycles. The van der Waals surface area contributed by atoms with Crippen LogP contribution in [0.25, 0.3) is 0 Å². The molecule has 0 bridgehead atoms. The van der Waals surface area contributed by atoms with Gasteiger partial charge in [0.05, 0.1) is 18.9 Å². The van der Waals surface area contributed by atoms with E-state index in [1.165, 1.54) is 0 Å². The quantitative estimate of drug-likeness (QED) is 0.846. The highest BCUT2D eigenvalue weighted by molar-refractivity contribution is 5.61.